The van der Waals surface area contributed by atoms with Gasteiger partial charge in [-0.2, -0.15) is 5.26 Å². The fourth-order valence-corrected chi connectivity index (χ4v) is 4.22. The van der Waals surface area contributed by atoms with Crippen molar-refractivity contribution < 1.29 is 4.79 Å². The second-order valence-electron chi connectivity index (χ2n) is 7.97. The normalized spacial score (nSPS) is 15.2. The zero-order chi connectivity index (χ0) is 20.8. The van der Waals surface area contributed by atoms with E-state index >= 15 is 0 Å². The number of nitrogens with one attached hydrogen (secondary N) is 1. The molecule has 0 spiro atoms. The minimum atomic E-state index is -0.324. The van der Waals surface area contributed by atoms with E-state index in [1.54, 1.807) is 6.08 Å². The zero-order valence-electron chi connectivity index (χ0n) is 17.7. The van der Waals surface area contributed by atoms with Crippen LogP contribution >= 0.6 is 0 Å². The van der Waals surface area contributed by atoms with Gasteiger partial charge in [0.05, 0.1) is 0 Å². The lowest BCUT2D eigenvalue weighted by Crippen LogP contribution is -2.26. The van der Waals surface area contributed by atoms with Crippen molar-refractivity contribution in [3.8, 4) is 6.07 Å². The minimum Gasteiger partial charge on any atom is -0.351 e. The molecule has 29 heavy (non-hydrogen) atoms. The maximum absolute atomic E-state index is 12.5. The van der Waals surface area contributed by atoms with Crippen LogP contribution in [0.3, 0.4) is 0 Å². The highest BCUT2D eigenvalue weighted by Crippen LogP contribution is 2.32. The molecule has 2 aromatic heterocycles. The van der Waals surface area contributed by atoms with Crippen LogP contribution in [0.4, 0.5) is 0 Å². The number of carbonyl (C=O) groups is 1. The predicted molar refractivity (Wildman–Crippen MR) is 115 cm³/mol. The van der Waals surface area contributed by atoms with Gasteiger partial charge in [-0.1, -0.05) is 25.3 Å². The van der Waals surface area contributed by atoms with E-state index < -0.39 is 0 Å². The standard InChI is InChI=1S/C24H30N4O/c1-17-9-10-20(16-27-17)11-12-26-24(29)22(15-25)14-21-13-18(2)28(19(21)3)23-7-5-4-6-8-23/h9-10,13-14,16,23H,4-8,11-12H2,1-3H3,(H,26,29)/b22-14-. The lowest BCUT2D eigenvalue weighted by molar-refractivity contribution is -0.117. The summed E-state index contributed by atoms with van der Waals surface area (Å²) in [5.74, 6) is -0.324. The highest BCUT2D eigenvalue weighted by molar-refractivity contribution is 6.01. The number of hydrogen-bond acceptors (Lipinski definition) is 3. The zero-order valence-corrected chi connectivity index (χ0v) is 17.7. The molecule has 0 saturated heterocycles. The first-order chi connectivity index (χ1) is 14.0. The van der Waals surface area contributed by atoms with Crippen LogP contribution in [-0.4, -0.2) is 22.0 Å². The molecule has 5 heteroatoms. The summed E-state index contributed by atoms with van der Waals surface area (Å²) < 4.78 is 2.39. The molecule has 0 bridgehead atoms. The molecule has 0 radical (unpaired) electrons. The first kappa shape index (κ1) is 20.9. The van der Waals surface area contributed by atoms with Gasteiger partial charge in [0.15, 0.2) is 0 Å². The largest absolute Gasteiger partial charge is 0.351 e. The Bertz CT molecular complexity index is 925. The number of hydrogen-bond donors (Lipinski definition) is 1. The molecule has 0 unspecified atom stereocenters. The fourth-order valence-electron chi connectivity index (χ4n) is 4.22. The lowest BCUT2D eigenvalue weighted by Gasteiger charge is -2.26. The van der Waals surface area contributed by atoms with Gasteiger partial charge >= 0.3 is 0 Å². The quantitative estimate of drug-likeness (QED) is 0.580. The summed E-state index contributed by atoms with van der Waals surface area (Å²) in [7, 11) is 0. The molecule has 1 amide bonds. The molecular formula is C24H30N4O. The topological polar surface area (TPSA) is 70.7 Å². The summed E-state index contributed by atoms with van der Waals surface area (Å²) in [6, 6.07) is 8.66. The first-order valence-corrected chi connectivity index (χ1v) is 10.5. The number of aromatic nitrogens is 2. The minimum absolute atomic E-state index is 0.149. The molecule has 0 aliphatic heterocycles. The Morgan fingerprint density at radius 3 is 2.69 bits per heavy atom. The van der Waals surface area contributed by atoms with Crippen molar-refractivity contribution in [2.75, 3.05) is 6.54 Å². The summed E-state index contributed by atoms with van der Waals surface area (Å²) in [5, 5.41) is 12.4. The maximum atomic E-state index is 12.5. The monoisotopic (exact) mass is 390 g/mol. The summed E-state index contributed by atoms with van der Waals surface area (Å²) in [5.41, 5.74) is 5.48. The second kappa shape index (κ2) is 9.56. The Morgan fingerprint density at radius 2 is 2.03 bits per heavy atom. The van der Waals surface area contributed by atoms with E-state index in [9.17, 15) is 10.1 Å². The number of pyridine rings is 1. The fraction of sp³-hybridized carbons (Fsp3) is 0.458. The summed E-state index contributed by atoms with van der Waals surface area (Å²) in [6.07, 6.45) is 10.5. The van der Waals surface area contributed by atoms with Crippen molar-refractivity contribution in [1.82, 2.24) is 14.9 Å². The van der Waals surface area contributed by atoms with Crippen LogP contribution < -0.4 is 5.32 Å². The van der Waals surface area contributed by atoms with E-state index in [1.807, 2.05) is 25.3 Å². The third-order valence-corrected chi connectivity index (χ3v) is 5.80. The molecule has 1 aliphatic rings. The lowest BCUT2D eigenvalue weighted by atomic mass is 9.95. The van der Waals surface area contributed by atoms with Gasteiger partial charge in [-0.3, -0.25) is 9.78 Å². The van der Waals surface area contributed by atoms with Crippen LogP contribution in [0.25, 0.3) is 6.08 Å². The molecular weight excluding hydrogens is 360 g/mol. The van der Waals surface area contributed by atoms with Gasteiger partial charge in [-0.05, 0) is 69.4 Å². The van der Waals surface area contributed by atoms with E-state index in [-0.39, 0.29) is 11.5 Å². The van der Waals surface area contributed by atoms with Crippen molar-refractivity contribution in [3.05, 3.63) is 58.2 Å². The number of nitrogens with zero attached hydrogens (tertiary/aromatic N) is 3. The summed E-state index contributed by atoms with van der Waals surface area (Å²) in [6.45, 7) is 6.62. The number of nitriles is 1. The highest BCUT2D eigenvalue weighted by Gasteiger charge is 2.20. The molecule has 1 fully saturated rings. The summed E-state index contributed by atoms with van der Waals surface area (Å²) in [4.78, 5) is 16.8. The average Bonchev–Trinajstić information content (AvgIpc) is 3.01. The van der Waals surface area contributed by atoms with E-state index in [2.05, 4.69) is 40.9 Å². The van der Waals surface area contributed by atoms with Crippen LogP contribution in [0.5, 0.6) is 0 Å². The third-order valence-electron chi connectivity index (χ3n) is 5.80. The van der Waals surface area contributed by atoms with Gasteiger partial charge < -0.3 is 9.88 Å². The van der Waals surface area contributed by atoms with Gasteiger partial charge in [-0.25, -0.2) is 0 Å². The van der Waals surface area contributed by atoms with Gasteiger partial charge in [0.25, 0.3) is 5.91 Å². The molecule has 1 saturated carbocycles. The SMILES string of the molecule is Cc1ccc(CCNC(=O)/C(C#N)=C\c2cc(C)n(C3CCCCC3)c2C)cn1. The van der Waals surface area contributed by atoms with Crippen molar-refractivity contribution in [2.24, 2.45) is 0 Å². The molecule has 0 atom stereocenters. The van der Waals surface area contributed by atoms with Crippen molar-refractivity contribution in [2.45, 2.75) is 65.3 Å². The van der Waals surface area contributed by atoms with E-state index in [4.69, 9.17) is 0 Å². The number of rotatable bonds is 6. The number of carbonyl (C=O) groups excluding carboxylic acids is 1. The van der Waals surface area contributed by atoms with Gasteiger partial charge in [-0.15, -0.1) is 0 Å². The van der Waals surface area contributed by atoms with Crippen LogP contribution in [-0.2, 0) is 11.2 Å². The smallest absolute Gasteiger partial charge is 0.261 e. The maximum Gasteiger partial charge on any atom is 0.261 e. The van der Waals surface area contributed by atoms with Crippen molar-refractivity contribution in [3.63, 3.8) is 0 Å². The number of aryl methyl sites for hydroxylation is 2. The third kappa shape index (κ3) is 5.14. The van der Waals surface area contributed by atoms with E-state index in [0.717, 1.165) is 22.5 Å². The molecule has 5 nitrogen and oxygen atoms in total. The average molecular weight is 391 g/mol. The Balaban J connectivity index is 1.68. The molecule has 1 N–H and O–H groups in total. The van der Waals surface area contributed by atoms with E-state index in [0.29, 0.717) is 19.0 Å². The van der Waals surface area contributed by atoms with Crippen LogP contribution in [0.1, 0.15) is 66.4 Å². The molecule has 2 aromatic rings. The second-order valence-corrected chi connectivity index (χ2v) is 7.97. The Kier molecular flexibility index (Phi) is 6.87. The van der Waals surface area contributed by atoms with Crippen LogP contribution in [0.15, 0.2) is 30.0 Å². The van der Waals surface area contributed by atoms with Crippen LogP contribution in [0.2, 0.25) is 0 Å². The molecule has 1 aliphatic carbocycles. The Hall–Kier alpha value is -2.87. The Labute approximate surface area is 173 Å². The molecule has 3 rings (SSSR count). The molecule has 2 heterocycles. The summed E-state index contributed by atoms with van der Waals surface area (Å²) >= 11 is 0. The van der Waals surface area contributed by atoms with Gasteiger partial charge in [0.1, 0.15) is 11.6 Å². The van der Waals surface area contributed by atoms with Gasteiger partial charge in [0, 0.05) is 35.9 Å². The van der Waals surface area contributed by atoms with Crippen LogP contribution in [0, 0.1) is 32.1 Å². The van der Waals surface area contributed by atoms with Crippen molar-refractivity contribution in [1.29, 1.82) is 5.26 Å². The molecule has 0 aromatic carbocycles. The molecule has 152 valence electrons. The first-order valence-electron chi connectivity index (χ1n) is 10.5. The van der Waals surface area contributed by atoms with E-state index in [1.165, 1.54) is 37.8 Å². The number of amides is 1. The highest BCUT2D eigenvalue weighted by atomic mass is 16.1. The van der Waals surface area contributed by atoms with Crippen molar-refractivity contribution >= 4 is 12.0 Å². The Morgan fingerprint density at radius 1 is 1.28 bits per heavy atom. The predicted octanol–water partition coefficient (Wildman–Crippen LogP) is 4.58. The van der Waals surface area contributed by atoms with Gasteiger partial charge in [0.2, 0.25) is 0 Å².